The summed E-state index contributed by atoms with van der Waals surface area (Å²) in [5, 5.41) is 7.66. The predicted octanol–water partition coefficient (Wildman–Crippen LogP) is 1.18. The molecule has 0 saturated carbocycles. The zero-order valence-electron chi connectivity index (χ0n) is 8.88. The number of anilines is 2. The molecule has 3 aromatic rings. The molecular weight excluding hydrogens is 216 g/mol. The Kier molecular flexibility index (Phi) is 1.94. The Hall–Kier alpha value is -2.63. The molecule has 5 N–H and O–H groups in total. The topological polar surface area (TPSA) is 106 Å². The quantitative estimate of drug-likeness (QED) is 0.577. The normalized spacial score (nSPS) is 10.8. The van der Waals surface area contributed by atoms with Gasteiger partial charge in [0, 0.05) is 17.1 Å². The maximum Gasteiger partial charge on any atom is 0.220 e. The number of rotatable bonds is 1. The smallest absolute Gasteiger partial charge is 0.220 e. The van der Waals surface area contributed by atoms with Gasteiger partial charge in [-0.3, -0.25) is 5.10 Å². The number of aromatic amines is 1. The van der Waals surface area contributed by atoms with Crippen LogP contribution in [0.1, 0.15) is 0 Å². The summed E-state index contributed by atoms with van der Waals surface area (Å²) in [6, 6.07) is 7.57. The van der Waals surface area contributed by atoms with Crippen molar-refractivity contribution in [2.75, 3.05) is 11.5 Å². The van der Waals surface area contributed by atoms with E-state index in [1.54, 1.807) is 12.3 Å². The lowest BCUT2D eigenvalue weighted by atomic mass is 10.1. The van der Waals surface area contributed by atoms with Gasteiger partial charge in [-0.15, -0.1) is 0 Å². The highest BCUT2D eigenvalue weighted by molar-refractivity contribution is 5.91. The van der Waals surface area contributed by atoms with Crippen LogP contribution < -0.4 is 11.5 Å². The van der Waals surface area contributed by atoms with Gasteiger partial charge < -0.3 is 11.5 Å². The number of nitrogens with one attached hydrogen (secondary N) is 1. The standard InChI is InChI=1S/C11H10N6/c12-10-7-5-6(1-2-9(7)16-17-10)8-3-4-14-11(13)15-8/h1-5H,(H3,12,16,17)(H2,13,14,15). The fourth-order valence-electron chi connectivity index (χ4n) is 1.73. The summed E-state index contributed by atoms with van der Waals surface area (Å²) in [4.78, 5) is 8.02. The number of nitrogens with two attached hydrogens (primary N) is 2. The van der Waals surface area contributed by atoms with Crippen molar-refractivity contribution in [1.29, 1.82) is 0 Å². The second-order valence-electron chi connectivity index (χ2n) is 3.67. The largest absolute Gasteiger partial charge is 0.382 e. The highest BCUT2D eigenvalue weighted by atomic mass is 15.1. The summed E-state index contributed by atoms with van der Waals surface area (Å²) in [7, 11) is 0. The van der Waals surface area contributed by atoms with Crippen LogP contribution in [0.2, 0.25) is 0 Å². The van der Waals surface area contributed by atoms with Crippen LogP contribution in [0, 0.1) is 0 Å². The van der Waals surface area contributed by atoms with Crippen molar-refractivity contribution in [3.8, 4) is 11.3 Å². The second kappa shape index (κ2) is 3.44. The van der Waals surface area contributed by atoms with Crippen LogP contribution in [0.4, 0.5) is 11.8 Å². The molecule has 1 aromatic carbocycles. The minimum absolute atomic E-state index is 0.253. The molecule has 0 radical (unpaired) electrons. The maximum absolute atomic E-state index is 5.75. The van der Waals surface area contributed by atoms with Gasteiger partial charge in [-0.05, 0) is 18.2 Å². The molecule has 0 unspecified atom stereocenters. The minimum atomic E-state index is 0.253. The Morgan fingerprint density at radius 2 is 2.00 bits per heavy atom. The molecule has 0 aliphatic heterocycles. The van der Waals surface area contributed by atoms with Gasteiger partial charge in [0.15, 0.2) is 5.82 Å². The molecule has 0 amide bonds. The first kappa shape index (κ1) is 9.59. The van der Waals surface area contributed by atoms with E-state index in [1.165, 1.54) is 0 Å². The van der Waals surface area contributed by atoms with Crippen LogP contribution in [-0.2, 0) is 0 Å². The van der Waals surface area contributed by atoms with Crippen molar-refractivity contribution in [2.45, 2.75) is 0 Å². The Balaban J connectivity index is 2.20. The van der Waals surface area contributed by atoms with E-state index in [1.807, 2.05) is 18.2 Å². The number of fused-ring (bicyclic) bond motifs is 1. The number of H-pyrrole nitrogens is 1. The lowest BCUT2D eigenvalue weighted by Gasteiger charge is -2.01. The average molecular weight is 226 g/mol. The summed E-state index contributed by atoms with van der Waals surface area (Å²) in [6.07, 6.45) is 1.63. The van der Waals surface area contributed by atoms with Gasteiger partial charge in [-0.1, -0.05) is 6.07 Å². The minimum Gasteiger partial charge on any atom is -0.382 e. The number of nitrogens with zero attached hydrogens (tertiary/aromatic N) is 3. The zero-order valence-corrected chi connectivity index (χ0v) is 8.88. The molecule has 0 aliphatic carbocycles. The molecule has 17 heavy (non-hydrogen) atoms. The van der Waals surface area contributed by atoms with Crippen LogP contribution in [0.25, 0.3) is 22.2 Å². The van der Waals surface area contributed by atoms with Crippen LogP contribution >= 0.6 is 0 Å². The van der Waals surface area contributed by atoms with Gasteiger partial charge in [0.2, 0.25) is 5.95 Å². The van der Waals surface area contributed by atoms with E-state index in [0.29, 0.717) is 5.82 Å². The van der Waals surface area contributed by atoms with E-state index >= 15 is 0 Å². The molecule has 2 aromatic heterocycles. The van der Waals surface area contributed by atoms with Gasteiger partial charge in [0.1, 0.15) is 0 Å². The number of aromatic nitrogens is 4. The van der Waals surface area contributed by atoms with Crippen molar-refractivity contribution in [1.82, 2.24) is 20.2 Å². The van der Waals surface area contributed by atoms with Crippen LogP contribution in [0.5, 0.6) is 0 Å². The van der Waals surface area contributed by atoms with E-state index < -0.39 is 0 Å². The monoisotopic (exact) mass is 226 g/mol. The lowest BCUT2D eigenvalue weighted by Crippen LogP contribution is -1.95. The second-order valence-corrected chi connectivity index (χ2v) is 3.67. The molecule has 84 valence electrons. The van der Waals surface area contributed by atoms with Crippen LogP contribution in [0.3, 0.4) is 0 Å². The molecule has 6 heteroatoms. The third-order valence-corrected chi connectivity index (χ3v) is 2.56. The lowest BCUT2D eigenvalue weighted by molar-refractivity contribution is 1.13. The molecule has 0 saturated heterocycles. The SMILES string of the molecule is Nc1nccc(-c2ccc3[nH]nc(N)c3c2)n1. The first-order valence-corrected chi connectivity index (χ1v) is 5.06. The highest BCUT2D eigenvalue weighted by Crippen LogP contribution is 2.24. The maximum atomic E-state index is 5.75. The Labute approximate surface area is 96.7 Å². The van der Waals surface area contributed by atoms with E-state index in [4.69, 9.17) is 11.5 Å². The number of hydrogen-bond donors (Lipinski definition) is 3. The van der Waals surface area contributed by atoms with E-state index in [9.17, 15) is 0 Å². The van der Waals surface area contributed by atoms with E-state index in [-0.39, 0.29) is 5.95 Å². The number of hydrogen-bond acceptors (Lipinski definition) is 5. The fourth-order valence-corrected chi connectivity index (χ4v) is 1.73. The van der Waals surface area contributed by atoms with E-state index in [0.717, 1.165) is 22.2 Å². The highest BCUT2D eigenvalue weighted by Gasteiger charge is 2.05. The third-order valence-electron chi connectivity index (χ3n) is 2.56. The average Bonchev–Trinajstić information content (AvgIpc) is 2.71. The van der Waals surface area contributed by atoms with Gasteiger partial charge in [0.05, 0.1) is 11.2 Å². The summed E-state index contributed by atoms with van der Waals surface area (Å²) in [5.41, 5.74) is 13.9. The zero-order chi connectivity index (χ0) is 11.8. The third kappa shape index (κ3) is 1.55. The van der Waals surface area contributed by atoms with Crippen LogP contribution in [-0.4, -0.2) is 20.2 Å². The van der Waals surface area contributed by atoms with E-state index in [2.05, 4.69) is 20.2 Å². The molecular formula is C11H10N6. The first-order chi connectivity index (χ1) is 8.24. The molecule has 0 aliphatic rings. The molecule has 2 heterocycles. The summed E-state index contributed by atoms with van der Waals surface area (Å²) in [5.74, 6) is 0.728. The van der Waals surface area contributed by atoms with Crippen molar-refractivity contribution in [3.63, 3.8) is 0 Å². The van der Waals surface area contributed by atoms with Crippen molar-refractivity contribution in [3.05, 3.63) is 30.5 Å². The molecule has 0 bridgehead atoms. The van der Waals surface area contributed by atoms with Crippen molar-refractivity contribution >= 4 is 22.7 Å². The Morgan fingerprint density at radius 1 is 1.12 bits per heavy atom. The summed E-state index contributed by atoms with van der Waals surface area (Å²) in [6.45, 7) is 0. The summed E-state index contributed by atoms with van der Waals surface area (Å²) >= 11 is 0. The molecule has 0 fully saturated rings. The Bertz CT molecular complexity index is 687. The Morgan fingerprint density at radius 3 is 2.82 bits per heavy atom. The van der Waals surface area contributed by atoms with Gasteiger partial charge in [-0.25, -0.2) is 9.97 Å². The molecule has 3 rings (SSSR count). The fraction of sp³-hybridized carbons (Fsp3) is 0. The number of benzene rings is 1. The van der Waals surface area contributed by atoms with Gasteiger partial charge >= 0.3 is 0 Å². The number of nitrogen functional groups attached to an aromatic ring is 2. The molecule has 6 nitrogen and oxygen atoms in total. The predicted molar refractivity (Wildman–Crippen MR) is 65.9 cm³/mol. The van der Waals surface area contributed by atoms with Gasteiger partial charge in [-0.2, -0.15) is 5.10 Å². The molecule has 0 spiro atoms. The molecule has 0 atom stereocenters. The van der Waals surface area contributed by atoms with Crippen LogP contribution in [0.15, 0.2) is 30.5 Å². The summed E-state index contributed by atoms with van der Waals surface area (Å²) < 4.78 is 0. The van der Waals surface area contributed by atoms with Crippen molar-refractivity contribution < 1.29 is 0 Å². The van der Waals surface area contributed by atoms with Crippen molar-refractivity contribution in [2.24, 2.45) is 0 Å². The first-order valence-electron chi connectivity index (χ1n) is 5.06. The van der Waals surface area contributed by atoms with Gasteiger partial charge in [0.25, 0.3) is 0 Å².